The van der Waals surface area contributed by atoms with Gasteiger partial charge in [-0.15, -0.1) is 0 Å². The summed E-state index contributed by atoms with van der Waals surface area (Å²) in [5.74, 6) is -0.334. The Kier molecular flexibility index (Phi) is 6.59. The molecule has 1 unspecified atom stereocenters. The fourth-order valence-electron chi connectivity index (χ4n) is 2.34. The number of amides is 1. The van der Waals surface area contributed by atoms with Crippen molar-refractivity contribution in [3.8, 4) is 0 Å². The van der Waals surface area contributed by atoms with Crippen LogP contribution in [0.5, 0.6) is 0 Å². The van der Waals surface area contributed by atoms with E-state index in [2.05, 4.69) is 5.32 Å². The van der Waals surface area contributed by atoms with Gasteiger partial charge in [-0.25, -0.2) is 0 Å². The molecule has 2 aromatic carbocycles. The number of benzene rings is 2. The fourth-order valence-corrected chi connectivity index (χ4v) is 4.56. The van der Waals surface area contributed by atoms with Gasteiger partial charge in [-0.2, -0.15) is 0 Å². The molecular weight excluding hydrogens is 439 g/mol. The van der Waals surface area contributed by atoms with E-state index in [1.807, 2.05) is 0 Å². The van der Waals surface area contributed by atoms with Crippen molar-refractivity contribution >= 4 is 25.3 Å². The number of hydrogen-bond donors (Lipinski definition) is 1. The quantitative estimate of drug-likeness (QED) is 0.529. The fraction of sp³-hybridized carbons (Fsp3) is 0.278. The van der Waals surface area contributed by atoms with Crippen LogP contribution in [0.2, 0.25) is 5.32 Å². The molecule has 0 saturated carbocycles. The molecule has 1 amide bonds. The molecule has 0 spiro atoms. The zero-order valence-electron chi connectivity index (χ0n) is 14.0. The molecule has 146 valence electrons. The van der Waals surface area contributed by atoms with Crippen LogP contribution in [0.3, 0.4) is 0 Å². The standard InChI is InChI=1S/C18H15F6NOSe/c1-11(26)25-16(12-5-3-2-4-6-12)10-27-15-8-13(17(19,20)21)7-14(9-15)18(22,23)24/h2-9,16H,10H2,1H3,(H,25,26). The van der Waals surface area contributed by atoms with Crippen molar-refractivity contribution in [1.82, 2.24) is 5.32 Å². The molecule has 27 heavy (non-hydrogen) atoms. The van der Waals surface area contributed by atoms with E-state index in [1.165, 1.54) is 6.92 Å². The van der Waals surface area contributed by atoms with Crippen LogP contribution in [0.1, 0.15) is 29.7 Å². The van der Waals surface area contributed by atoms with E-state index in [1.54, 1.807) is 30.3 Å². The second-order valence-electron chi connectivity index (χ2n) is 5.72. The van der Waals surface area contributed by atoms with Crippen LogP contribution >= 0.6 is 0 Å². The maximum absolute atomic E-state index is 13.0. The number of carbonyl (C=O) groups is 1. The molecule has 2 rings (SSSR count). The van der Waals surface area contributed by atoms with Gasteiger partial charge in [-0.1, -0.05) is 0 Å². The Balaban J connectivity index is 2.30. The van der Waals surface area contributed by atoms with Crippen molar-refractivity contribution in [3.05, 3.63) is 65.2 Å². The average Bonchev–Trinajstić information content (AvgIpc) is 2.57. The first-order valence-electron chi connectivity index (χ1n) is 7.71. The summed E-state index contributed by atoms with van der Waals surface area (Å²) < 4.78 is 77.7. The summed E-state index contributed by atoms with van der Waals surface area (Å²) in [6.45, 7) is 1.30. The summed E-state index contributed by atoms with van der Waals surface area (Å²) in [7, 11) is 0. The van der Waals surface area contributed by atoms with Gasteiger partial charge in [0.15, 0.2) is 0 Å². The Hall–Kier alpha value is -1.99. The summed E-state index contributed by atoms with van der Waals surface area (Å²) in [4.78, 5) is 11.4. The first-order valence-corrected chi connectivity index (χ1v) is 9.78. The summed E-state index contributed by atoms with van der Waals surface area (Å²) in [5, 5.41) is 2.91. The SMILES string of the molecule is CC(=O)NC(C[Se]c1cc(C(F)(F)F)cc(C(F)(F)F)c1)c1ccccc1. The van der Waals surface area contributed by atoms with Gasteiger partial charge in [0, 0.05) is 0 Å². The van der Waals surface area contributed by atoms with Crippen LogP contribution < -0.4 is 9.78 Å². The zero-order chi connectivity index (χ0) is 20.2. The van der Waals surface area contributed by atoms with Crippen LogP contribution in [0.25, 0.3) is 0 Å². The van der Waals surface area contributed by atoms with Gasteiger partial charge >= 0.3 is 158 Å². The van der Waals surface area contributed by atoms with Crippen molar-refractivity contribution in [2.24, 2.45) is 0 Å². The van der Waals surface area contributed by atoms with Gasteiger partial charge in [-0.05, 0) is 0 Å². The van der Waals surface area contributed by atoms with Gasteiger partial charge in [0.05, 0.1) is 0 Å². The molecule has 2 aromatic rings. The van der Waals surface area contributed by atoms with Crippen molar-refractivity contribution in [1.29, 1.82) is 0 Å². The number of carbonyl (C=O) groups excluding carboxylic acids is 1. The molecule has 0 aliphatic rings. The number of nitrogens with one attached hydrogen (secondary N) is 1. The molecule has 1 N–H and O–H groups in total. The van der Waals surface area contributed by atoms with Crippen molar-refractivity contribution in [2.75, 3.05) is 0 Å². The monoisotopic (exact) mass is 455 g/mol. The Labute approximate surface area is 158 Å². The Bertz CT molecular complexity index is 756. The minimum atomic E-state index is -4.87. The number of halogens is 6. The molecule has 0 aliphatic heterocycles. The summed E-state index contributed by atoms with van der Waals surface area (Å²) in [6, 6.07) is 9.83. The van der Waals surface area contributed by atoms with E-state index in [4.69, 9.17) is 0 Å². The minimum absolute atomic E-state index is 0.0315. The van der Waals surface area contributed by atoms with Crippen LogP contribution in [0, 0.1) is 0 Å². The van der Waals surface area contributed by atoms with Crippen molar-refractivity contribution in [2.45, 2.75) is 30.6 Å². The van der Waals surface area contributed by atoms with Crippen LogP contribution in [-0.4, -0.2) is 20.9 Å². The van der Waals surface area contributed by atoms with E-state index in [-0.39, 0.29) is 21.8 Å². The topological polar surface area (TPSA) is 29.1 Å². The van der Waals surface area contributed by atoms with Gasteiger partial charge in [-0.3, -0.25) is 0 Å². The van der Waals surface area contributed by atoms with Gasteiger partial charge in [0.1, 0.15) is 0 Å². The molecule has 0 aromatic heterocycles. The van der Waals surface area contributed by atoms with Crippen molar-refractivity contribution in [3.63, 3.8) is 0 Å². The second-order valence-corrected chi connectivity index (χ2v) is 8.01. The molecule has 0 fully saturated rings. The number of hydrogen-bond acceptors (Lipinski definition) is 1. The van der Waals surface area contributed by atoms with Gasteiger partial charge in [0.2, 0.25) is 0 Å². The molecular formula is C18H15F6NOSe. The predicted octanol–water partition coefficient (Wildman–Crippen LogP) is 4.35. The zero-order valence-corrected chi connectivity index (χ0v) is 15.7. The Morgan fingerprint density at radius 1 is 0.963 bits per heavy atom. The first-order chi connectivity index (χ1) is 12.5. The summed E-state index contributed by atoms with van der Waals surface area (Å²) in [5.41, 5.74) is -1.92. The van der Waals surface area contributed by atoms with Crippen LogP contribution in [-0.2, 0) is 17.1 Å². The van der Waals surface area contributed by atoms with E-state index < -0.39 is 44.5 Å². The number of alkyl halides is 6. The van der Waals surface area contributed by atoms with E-state index >= 15 is 0 Å². The molecule has 1 atom stereocenters. The third kappa shape index (κ3) is 6.29. The molecule has 2 nitrogen and oxygen atoms in total. The normalized spacial score (nSPS) is 13.3. The molecule has 0 heterocycles. The van der Waals surface area contributed by atoms with Gasteiger partial charge < -0.3 is 0 Å². The summed E-state index contributed by atoms with van der Waals surface area (Å²) >= 11 is -0.718. The molecule has 0 saturated heterocycles. The van der Waals surface area contributed by atoms with E-state index in [9.17, 15) is 31.1 Å². The van der Waals surface area contributed by atoms with Crippen LogP contribution in [0.4, 0.5) is 26.3 Å². The maximum atomic E-state index is 13.0. The van der Waals surface area contributed by atoms with Gasteiger partial charge in [0.25, 0.3) is 0 Å². The predicted molar refractivity (Wildman–Crippen MR) is 89.6 cm³/mol. The molecule has 0 aliphatic carbocycles. The Morgan fingerprint density at radius 3 is 1.93 bits per heavy atom. The summed E-state index contributed by atoms with van der Waals surface area (Å²) in [6.07, 6.45) is -9.74. The first kappa shape index (κ1) is 21.3. The third-order valence-corrected chi connectivity index (χ3v) is 5.80. The second kappa shape index (κ2) is 8.35. The van der Waals surface area contributed by atoms with E-state index in [0.717, 1.165) is 17.7 Å². The number of rotatable bonds is 5. The third-order valence-electron chi connectivity index (χ3n) is 3.56. The Morgan fingerprint density at radius 2 is 1.48 bits per heavy atom. The van der Waals surface area contributed by atoms with Crippen molar-refractivity contribution < 1.29 is 31.1 Å². The average molecular weight is 454 g/mol. The molecule has 9 heteroatoms. The van der Waals surface area contributed by atoms with Crippen LogP contribution in [0.15, 0.2) is 48.5 Å². The molecule has 0 bridgehead atoms. The molecule has 0 radical (unpaired) electrons. The van der Waals surface area contributed by atoms with E-state index in [0.29, 0.717) is 0 Å².